The highest BCUT2D eigenvalue weighted by molar-refractivity contribution is 5.94. The van der Waals surface area contributed by atoms with Gasteiger partial charge in [-0.25, -0.2) is 4.79 Å². The van der Waals surface area contributed by atoms with E-state index in [0.717, 1.165) is 5.56 Å². The molecule has 26 heavy (non-hydrogen) atoms. The molecule has 136 valence electrons. The van der Waals surface area contributed by atoms with Crippen molar-refractivity contribution in [2.75, 3.05) is 25.6 Å². The minimum atomic E-state index is -0.610. The van der Waals surface area contributed by atoms with Gasteiger partial charge in [0.25, 0.3) is 5.91 Å². The summed E-state index contributed by atoms with van der Waals surface area (Å²) in [5.74, 6) is 0.330. The number of benzene rings is 2. The van der Waals surface area contributed by atoms with E-state index in [2.05, 4.69) is 5.32 Å². The Bertz CT molecular complexity index is 768. The van der Waals surface area contributed by atoms with Gasteiger partial charge < -0.3 is 19.5 Å². The Morgan fingerprint density at radius 1 is 1.08 bits per heavy atom. The first-order valence-corrected chi connectivity index (χ1v) is 8.13. The fourth-order valence-electron chi connectivity index (χ4n) is 2.12. The molecule has 0 fully saturated rings. The highest BCUT2D eigenvalue weighted by Gasteiger charge is 2.06. The van der Waals surface area contributed by atoms with Crippen molar-refractivity contribution < 1.29 is 23.8 Å². The fraction of sp³-hybridized carbons (Fsp3) is 0.200. The quantitative estimate of drug-likeness (QED) is 0.581. The maximum atomic E-state index is 11.8. The standard InChI is InChI=1S/C20H21NO5/c1-3-25-18-7-5-4-6-15(18)8-13-20(23)26-14-19(22)21-16-9-11-17(24-2)12-10-16/h4-13H,3,14H2,1-2H3,(H,21,22)/b13-8+. The number of para-hydroxylation sites is 1. The van der Waals surface area contributed by atoms with E-state index < -0.39 is 11.9 Å². The lowest BCUT2D eigenvalue weighted by molar-refractivity contribution is -0.142. The molecule has 6 nitrogen and oxygen atoms in total. The van der Waals surface area contributed by atoms with E-state index in [1.54, 1.807) is 37.5 Å². The lowest BCUT2D eigenvalue weighted by Gasteiger charge is -2.07. The van der Waals surface area contributed by atoms with Crippen LogP contribution < -0.4 is 14.8 Å². The van der Waals surface area contributed by atoms with E-state index in [-0.39, 0.29) is 6.61 Å². The van der Waals surface area contributed by atoms with Crippen molar-refractivity contribution in [1.82, 2.24) is 0 Å². The zero-order valence-corrected chi connectivity index (χ0v) is 14.7. The van der Waals surface area contributed by atoms with Crippen LogP contribution in [0.2, 0.25) is 0 Å². The molecule has 2 aromatic rings. The molecule has 0 saturated heterocycles. The number of carbonyl (C=O) groups excluding carboxylic acids is 2. The van der Waals surface area contributed by atoms with Crippen LogP contribution in [0.4, 0.5) is 5.69 Å². The first-order chi connectivity index (χ1) is 12.6. The number of rotatable bonds is 8. The Hall–Kier alpha value is -3.28. The van der Waals surface area contributed by atoms with E-state index in [4.69, 9.17) is 14.2 Å². The third kappa shape index (κ3) is 5.98. The van der Waals surface area contributed by atoms with Crippen molar-refractivity contribution in [1.29, 1.82) is 0 Å². The van der Waals surface area contributed by atoms with Gasteiger partial charge in [0, 0.05) is 17.3 Å². The number of carbonyl (C=O) groups is 2. The number of esters is 1. The van der Waals surface area contributed by atoms with Gasteiger partial charge in [-0.15, -0.1) is 0 Å². The number of anilines is 1. The zero-order chi connectivity index (χ0) is 18.8. The number of ether oxygens (including phenoxy) is 3. The van der Waals surface area contributed by atoms with E-state index in [0.29, 0.717) is 23.8 Å². The molecule has 2 aromatic carbocycles. The molecule has 0 aromatic heterocycles. The number of amides is 1. The van der Waals surface area contributed by atoms with Crippen LogP contribution >= 0.6 is 0 Å². The number of hydrogen-bond acceptors (Lipinski definition) is 5. The van der Waals surface area contributed by atoms with Crippen molar-refractivity contribution in [3.63, 3.8) is 0 Å². The van der Waals surface area contributed by atoms with Gasteiger partial charge in [-0.05, 0) is 43.3 Å². The summed E-state index contributed by atoms with van der Waals surface area (Å²) in [7, 11) is 1.56. The molecule has 2 rings (SSSR count). The van der Waals surface area contributed by atoms with Gasteiger partial charge in [-0.3, -0.25) is 4.79 Å². The van der Waals surface area contributed by atoms with Gasteiger partial charge in [0.1, 0.15) is 11.5 Å². The van der Waals surface area contributed by atoms with Crippen LogP contribution in [0.5, 0.6) is 11.5 Å². The second kappa shape index (κ2) is 9.88. The van der Waals surface area contributed by atoms with Crippen LogP contribution in [0.15, 0.2) is 54.6 Å². The highest BCUT2D eigenvalue weighted by Crippen LogP contribution is 2.19. The van der Waals surface area contributed by atoms with Crippen molar-refractivity contribution in [2.24, 2.45) is 0 Å². The summed E-state index contributed by atoms with van der Waals surface area (Å²) >= 11 is 0. The van der Waals surface area contributed by atoms with Crippen LogP contribution in [-0.2, 0) is 14.3 Å². The second-order valence-electron chi connectivity index (χ2n) is 5.19. The smallest absolute Gasteiger partial charge is 0.331 e. The van der Waals surface area contributed by atoms with Gasteiger partial charge in [0.2, 0.25) is 0 Å². The summed E-state index contributed by atoms with van der Waals surface area (Å²) in [5.41, 5.74) is 1.35. The lowest BCUT2D eigenvalue weighted by atomic mass is 10.2. The average molecular weight is 355 g/mol. The summed E-state index contributed by atoms with van der Waals surface area (Å²) in [5, 5.41) is 2.63. The highest BCUT2D eigenvalue weighted by atomic mass is 16.5. The van der Waals surface area contributed by atoms with E-state index in [1.807, 2.05) is 31.2 Å². The van der Waals surface area contributed by atoms with E-state index in [9.17, 15) is 9.59 Å². The van der Waals surface area contributed by atoms with Crippen molar-refractivity contribution >= 4 is 23.6 Å². The van der Waals surface area contributed by atoms with Crippen LogP contribution in [-0.4, -0.2) is 32.2 Å². The van der Waals surface area contributed by atoms with Crippen LogP contribution in [0.3, 0.4) is 0 Å². The molecular weight excluding hydrogens is 334 g/mol. The largest absolute Gasteiger partial charge is 0.497 e. The third-order valence-corrected chi connectivity index (χ3v) is 3.34. The Morgan fingerprint density at radius 2 is 1.81 bits per heavy atom. The first kappa shape index (κ1) is 19.1. The molecule has 0 saturated carbocycles. The van der Waals surface area contributed by atoms with Crippen molar-refractivity contribution in [3.8, 4) is 11.5 Å². The Labute approximate surface area is 152 Å². The molecule has 0 aliphatic heterocycles. The molecule has 6 heteroatoms. The van der Waals surface area contributed by atoms with Gasteiger partial charge in [-0.2, -0.15) is 0 Å². The topological polar surface area (TPSA) is 73.9 Å². The molecule has 0 unspecified atom stereocenters. The van der Waals surface area contributed by atoms with Gasteiger partial charge in [0.15, 0.2) is 6.61 Å². The lowest BCUT2D eigenvalue weighted by Crippen LogP contribution is -2.20. The maximum absolute atomic E-state index is 11.8. The number of nitrogens with one attached hydrogen (secondary N) is 1. The van der Waals surface area contributed by atoms with Crippen molar-refractivity contribution in [3.05, 3.63) is 60.2 Å². The fourth-order valence-corrected chi connectivity index (χ4v) is 2.12. The Kier molecular flexibility index (Phi) is 7.24. The van der Waals surface area contributed by atoms with Gasteiger partial charge in [-0.1, -0.05) is 18.2 Å². The van der Waals surface area contributed by atoms with E-state index in [1.165, 1.54) is 6.08 Å². The summed E-state index contributed by atoms with van der Waals surface area (Å²) < 4.78 is 15.5. The van der Waals surface area contributed by atoms with Crippen LogP contribution in [0, 0.1) is 0 Å². The van der Waals surface area contributed by atoms with Gasteiger partial charge >= 0.3 is 5.97 Å². The molecule has 1 amide bonds. The zero-order valence-electron chi connectivity index (χ0n) is 14.7. The second-order valence-corrected chi connectivity index (χ2v) is 5.19. The molecule has 1 N–H and O–H groups in total. The summed E-state index contributed by atoms with van der Waals surface area (Å²) in [6, 6.07) is 14.2. The number of methoxy groups -OCH3 is 1. The SMILES string of the molecule is CCOc1ccccc1/C=C/C(=O)OCC(=O)Nc1ccc(OC)cc1. The Morgan fingerprint density at radius 3 is 2.50 bits per heavy atom. The average Bonchev–Trinajstić information content (AvgIpc) is 2.66. The third-order valence-electron chi connectivity index (χ3n) is 3.34. The maximum Gasteiger partial charge on any atom is 0.331 e. The minimum Gasteiger partial charge on any atom is -0.497 e. The molecule has 0 radical (unpaired) electrons. The molecule has 0 atom stereocenters. The molecule has 0 heterocycles. The molecule has 0 aliphatic carbocycles. The monoisotopic (exact) mass is 355 g/mol. The summed E-state index contributed by atoms with van der Waals surface area (Å²) in [6.07, 6.45) is 2.85. The molecular formula is C20H21NO5. The molecule has 0 spiro atoms. The van der Waals surface area contributed by atoms with Crippen molar-refractivity contribution in [2.45, 2.75) is 6.92 Å². The first-order valence-electron chi connectivity index (χ1n) is 8.13. The summed E-state index contributed by atoms with van der Waals surface area (Å²) in [4.78, 5) is 23.6. The summed E-state index contributed by atoms with van der Waals surface area (Å²) in [6.45, 7) is 2.04. The minimum absolute atomic E-state index is 0.373. The number of hydrogen-bond donors (Lipinski definition) is 1. The molecule has 0 bridgehead atoms. The predicted molar refractivity (Wildman–Crippen MR) is 99.2 cm³/mol. The Balaban J connectivity index is 1.83. The van der Waals surface area contributed by atoms with Crippen LogP contribution in [0.25, 0.3) is 6.08 Å². The van der Waals surface area contributed by atoms with Gasteiger partial charge in [0.05, 0.1) is 13.7 Å². The normalized spacial score (nSPS) is 10.4. The molecule has 0 aliphatic rings. The van der Waals surface area contributed by atoms with E-state index >= 15 is 0 Å². The predicted octanol–water partition coefficient (Wildman–Crippen LogP) is 3.29. The van der Waals surface area contributed by atoms with Crippen LogP contribution in [0.1, 0.15) is 12.5 Å².